The Labute approximate surface area is 109 Å². The van der Waals surface area contributed by atoms with Gasteiger partial charge in [-0.05, 0) is 31.2 Å². The Kier molecular flexibility index (Phi) is 3.96. The van der Waals surface area contributed by atoms with E-state index in [1.54, 1.807) is 6.07 Å². The van der Waals surface area contributed by atoms with E-state index in [4.69, 9.17) is 10.00 Å². The number of alkyl halides is 3. The molecule has 1 unspecified atom stereocenters. The summed E-state index contributed by atoms with van der Waals surface area (Å²) in [4.78, 5) is 0. The molecule has 1 aromatic rings. The van der Waals surface area contributed by atoms with Crippen LogP contribution in [0, 0.1) is 17.2 Å². The van der Waals surface area contributed by atoms with Gasteiger partial charge in [0.1, 0.15) is 5.75 Å². The van der Waals surface area contributed by atoms with Gasteiger partial charge in [-0.15, -0.1) is 0 Å². The van der Waals surface area contributed by atoms with E-state index in [0.29, 0.717) is 18.3 Å². The van der Waals surface area contributed by atoms with Crippen molar-refractivity contribution < 1.29 is 17.9 Å². The molecule has 0 bridgehead atoms. The molecule has 0 aliphatic carbocycles. The van der Waals surface area contributed by atoms with Crippen LogP contribution in [-0.2, 0) is 6.18 Å². The average Bonchev–Trinajstić information content (AvgIpc) is 2.88. The van der Waals surface area contributed by atoms with E-state index in [9.17, 15) is 13.2 Å². The van der Waals surface area contributed by atoms with Crippen molar-refractivity contribution in [1.82, 2.24) is 5.32 Å². The van der Waals surface area contributed by atoms with Crippen LogP contribution in [0.2, 0.25) is 0 Å². The number of rotatable bonds is 3. The summed E-state index contributed by atoms with van der Waals surface area (Å²) in [6, 6.07) is 4.85. The Bertz CT molecular complexity index is 488. The van der Waals surface area contributed by atoms with Gasteiger partial charge in [0.15, 0.2) is 0 Å². The molecular weight excluding hydrogens is 257 g/mol. The number of halogens is 3. The van der Waals surface area contributed by atoms with Crippen LogP contribution in [0.25, 0.3) is 0 Å². The monoisotopic (exact) mass is 270 g/mol. The standard InChI is InChI=1S/C13H13F3N2O/c14-13(15,16)12-2-1-11(5-10(12)6-17)19-8-9-3-4-18-7-9/h1-2,5,9,18H,3-4,7-8H2. The van der Waals surface area contributed by atoms with Crippen LogP contribution >= 0.6 is 0 Å². The zero-order chi connectivity index (χ0) is 13.9. The third-order valence-corrected chi connectivity index (χ3v) is 3.06. The fourth-order valence-corrected chi connectivity index (χ4v) is 2.02. The van der Waals surface area contributed by atoms with Gasteiger partial charge in [-0.1, -0.05) is 0 Å². The SMILES string of the molecule is N#Cc1cc(OCC2CCNC2)ccc1C(F)(F)F. The fourth-order valence-electron chi connectivity index (χ4n) is 2.02. The molecule has 2 rings (SSSR count). The van der Waals surface area contributed by atoms with Crippen molar-refractivity contribution in [2.75, 3.05) is 19.7 Å². The lowest BCUT2D eigenvalue weighted by Crippen LogP contribution is -2.15. The highest BCUT2D eigenvalue weighted by molar-refractivity contribution is 5.44. The molecule has 0 radical (unpaired) electrons. The van der Waals surface area contributed by atoms with Gasteiger partial charge in [0.05, 0.1) is 23.8 Å². The molecule has 6 heteroatoms. The van der Waals surface area contributed by atoms with Gasteiger partial charge in [-0.3, -0.25) is 0 Å². The van der Waals surface area contributed by atoms with Gasteiger partial charge >= 0.3 is 6.18 Å². The Hall–Kier alpha value is -1.74. The van der Waals surface area contributed by atoms with Crippen molar-refractivity contribution in [3.63, 3.8) is 0 Å². The normalized spacial score (nSPS) is 19.2. The van der Waals surface area contributed by atoms with Gasteiger partial charge < -0.3 is 10.1 Å². The Balaban J connectivity index is 2.08. The summed E-state index contributed by atoms with van der Waals surface area (Å²) in [6.07, 6.45) is -3.52. The zero-order valence-corrected chi connectivity index (χ0v) is 10.1. The van der Waals surface area contributed by atoms with Gasteiger partial charge in [0, 0.05) is 12.5 Å². The summed E-state index contributed by atoms with van der Waals surface area (Å²) in [5.41, 5.74) is -1.33. The van der Waals surface area contributed by atoms with Gasteiger partial charge in [-0.2, -0.15) is 18.4 Å². The lowest BCUT2D eigenvalue weighted by molar-refractivity contribution is -0.137. The molecule has 19 heavy (non-hydrogen) atoms. The molecule has 1 saturated heterocycles. The average molecular weight is 270 g/mol. The maximum absolute atomic E-state index is 12.6. The quantitative estimate of drug-likeness (QED) is 0.918. The molecule has 0 saturated carbocycles. The van der Waals surface area contributed by atoms with E-state index in [2.05, 4.69) is 5.32 Å². The highest BCUT2D eigenvalue weighted by atomic mass is 19.4. The number of nitrogens with one attached hydrogen (secondary N) is 1. The first-order chi connectivity index (χ1) is 9.00. The van der Waals surface area contributed by atoms with Crippen LogP contribution < -0.4 is 10.1 Å². The third kappa shape index (κ3) is 3.38. The molecule has 1 N–H and O–H groups in total. The first-order valence-corrected chi connectivity index (χ1v) is 5.95. The molecular formula is C13H13F3N2O. The fraction of sp³-hybridized carbons (Fsp3) is 0.462. The van der Waals surface area contributed by atoms with Crippen LogP contribution in [0.15, 0.2) is 18.2 Å². The molecule has 1 aromatic carbocycles. The Morgan fingerprint density at radius 1 is 1.42 bits per heavy atom. The van der Waals surface area contributed by atoms with Crippen LogP contribution in [0.1, 0.15) is 17.5 Å². The predicted octanol–water partition coefficient (Wildman–Crippen LogP) is 2.57. The maximum Gasteiger partial charge on any atom is 0.417 e. The van der Waals surface area contributed by atoms with Gasteiger partial charge in [0.2, 0.25) is 0 Å². The van der Waals surface area contributed by atoms with E-state index >= 15 is 0 Å². The summed E-state index contributed by atoms with van der Waals surface area (Å²) in [6.45, 7) is 2.24. The maximum atomic E-state index is 12.6. The van der Waals surface area contributed by atoms with Crippen molar-refractivity contribution in [3.8, 4) is 11.8 Å². The highest BCUT2D eigenvalue weighted by Crippen LogP contribution is 2.33. The lowest BCUT2D eigenvalue weighted by Gasteiger charge is -2.13. The van der Waals surface area contributed by atoms with Crippen molar-refractivity contribution in [3.05, 3.63) is 29.3 Å². The van der Waals surface area contributed by atoms with Gasteiger partial charge in [-0.25, -0.2) is 0 Å². The van der Waals surface area contributed by atoms with E-state index in [-0.39, 0.29) is 0 Å². The molecule has 1 fully saturated rings. The highest BCUT2D eigenvalue weighted by Gasteiger charge is 2.33. The number of nitrogens with zero attached hydrogens (tertiary/aromatic N) is 1. The molecule has 0 aromatic heterocycles. The molecule has 0 spiro atoms. The number of benzene rings is 1. The summed E-state index contributed by atoms with van der Waals surface area (Å²) < 4.78 is 43.2. The van der Waals surface area contributed by atoms with Crippen molar-refractivity contribution >= 4 is 0 Å². The summed E-state index contributed by atoms with van der Waals surface area (Å²) >= 11 is 0. The van der Waals surface area contributed by atoms with Crippen molar-refractivity contribution in [2.24, 2.45) is 5.92 Å². The minimum absolute atomic E-state index is 0.302. The molecule has 1 heterocycles. The zero-order valence-electron chi connectivity index (χ0n) is 10.1. The van der Waals surface area contributed by atoms with Gasteiger partial charge in [0.25, 0.3) is 0 Å². The molecule has 1 aliphatic rings. The topological polar surface area (TPSA) is 45.0 Å². The predicted molar refractivity (Wildman–Crippen MR) is 62.6 cm³/mol. The van der Waals surface area contributed by atoms with Crippen LogP contribution in [0.3, 0.4) is 0 Å². The minimum Gasteiger partial charge on any atom is -0.493 e. The van der Waals surface area contributed by atoms with E-state index in [0.717, 1.165) is 31.6 Å². The second-order valence-corrected chi connectivity index (χ2v) is 4.49. The largest absolute Gasteiger partial charge is 0.493 e. The summed E-state index contributed by atoms with van der Waals surface area (Å²) in [7, 11) is 0. The third-order valence-electron chi connectivity index (χ3n) is 3.06. The van der Waals surface area contributed by atoms with Crippen LogP contribution in [0.4, 0.5) is 13.2 Å². The first-order valence-electron chi connectivity index (χ1n) is 5.95. The molecule has 3 nitrogen and oxygen atoms in total. The lowest BCUT2D eigenvalue weighted by atomic mass is 10.1. The van der Waals surface area contributed by atoms with Crippen LogP contribution in [0.5, 0.6) is 5.75 Å². The number of nitriles is 1. The summed E-state index contributed by atoms with van der Waals surface area (Å²) in [5, 5.41) is 11.9. The number of ether oxygens (including phenoxy) is 1. The Morgan fingerprint density at radius 2 is 2.21 bits per heavy atom. The molecule has 1 atom stereocenters. The molecule has 102 valence electrons. The van der Waals surface area contributed by atoms with Crippen molar-refractivity contribution in [1.29, 1.82) is 5.26 Å². The second-order valence-electron chi connectivity index (χ2n) is 4.49. The van der Waals surface area contributed by atoms with E-state index < -0.39 is 17.3 Å². The molecule has 0 amide bonds. The van der Waals surface area contributed by atoms with E-state index in [1.165, 1.54) is 6.07 Å². The Morgan fingerprint density at radius 3 is 2.79 bits per heavy atom. The molecule has 1 aliphatic heterocycles. The van der Waals surface area contributed by atoms with Crippen molar-refractivity contribution in [2.45, 2.75) is 12.6 Å². The summed E-state index contributed by atoms with van der Waals surface area (Å²) in [5.74, 6) is 0.671. The van der Waals surface area contributed by atoms with Crippen LogP contribution in [-0.4, -0.2) is 19.7 Å². The smallest absolute Gasteiger partial charge is 0.417 e. The number of hydrogen-bond donors (Lipinski definition) is 1. The second kappa shape index (κ2) is 5.49. The van der Waals surface area contributed by atoms with E-state index in [1.807, 2.05) is 0 Å². The first kappa shape index (κ1) is 13.7. The minimum atomic E-state index is -4.51. The number of hydrogen-bond acceptors (Lipinski definition) is 3.